The highest BCUT2D eigenvalue weighted by Gasteiger charge is 2.06. The van der Waals surface area contributed by atoms with Gasteiger partial charge in [0.2, 0.25) is 5.91 Å². The van der Waals surface area contributed by atoms with E-state index in [4.69, 9.17) is 9.15 Å². The van der Waals surface area contributed by atoms with Crippen molar-refractivity contribution in [1.82, 2.24) is 4.98 Å². The zero-order valence-corrected chi connectivity index (χ0v) is 12.6. The summed E-state index contributed by atoms with van der Waals surface area (Å²) < 4.78 is 10.0. The summed E-state index contributed by atoms with van der Waals surface area (Å²) in [5.74, 6) is 0.191. The number of H-pyrrole nitrogens is 1. The van der Waals surface area contributed by atoms with E-state index in [1.807, 2.05) is 12.1 Å². The van der Waals surface area contributed by atoms with Gasteiger partial charge in [-0.1, -0.05) is 6.07 Å². The van der Waals surface area contributed by atoms with Crippen LogP contribution in [0.15, 0.2) is 51.7 Å². The van der Waals surface area contributed by atoms with Gasteiger partial charge in [0.15, 0.2) is 5.58 Å². The minimum absolute atomic E-state index is 0.0732. The van der Waals surface area contributed by atoms with Gasteiger partial charge in [0.05, 0.1) is 12.6 Å². The Hall–Kier alpha value is -3.02. The maximum atomic E-state index is 12.0. The number of hydrogen-bond acceptors (Lipinski definition) is 4. The molecule has 0 radical (unpaired) electrons. The summed E-state index contributed by atoms with van der Waals surface area (Å²) in [6, 6.07) is 12.6. The van der Waals surface area contributed by atoms with Crippen LogP contribution < -0.4 is 15.8 Å². The SMILES string of the molecule is COc1ccc(NC(=O)CCc2ccc3oc(=O)[nH]c3c2)cc1. The van der Waals surface area contributed by atoms with Gasteiger partial charge < -0.3 is 14.5 Å². The molecule has 0 fully saturated rings. The van der Waals surface area contributed by atoms with Crippen LogP contribution in [0.3, 0.4) is 0 Å². The molecule has 118 valence electrons. The molecule has 0 saturated heterocycles. The average Bonchev–Trinajstić information content (AvgIpc) is 2.93. The number of aromatic amines is 1. The van der Waals surface area contributed by atoms with E-state index in [9.17, 15) is 9.59 Å². The third-order valence-corrected chi connectivity index (χ3v) is 3.50. The molecule has 1 heterocycles. The van der Waals surface area contributed by atoms with Crippen LogP contribution in [0.25, 0.3) is 11.1 Å². The van der Waals surface area contributed by atoms with E-state index in [0.29, 0.717) is 23.9 Å². The number of nitrogens with one attached hydrogen (secondary N) is 2. The first-order chi connectivity index (χ1) is 11.1. The van der Waals surface area contributed by atoms with E-state index in [2.05, 4.69) is 10.3 Å². The van der Waals surface area contributed by atoms with Gasteiger partial charge in [0.1, 0.15) is 5.75 Å². The van der Waals surface area contributed by atoms with Crippen molar-refractivity contribution in [2.75, 3.05) is 12.4 Å². The molecule has 0 unspecified atom stereocenters. The van der Waals surface area contributed by atoms with Gasteiger partial charge >= 0.3 is 5.76 Å². The van der Waals surface area contributed by atoms with Crippen molar-refractivity contribution in [3.8, 4) is 5.75 Å². The Morgan fingerprint density at radius 1 is 1.22 bits per heavy atom. The molecule has 3 aromatic rings. The van der Waals surface area contributed by atoms with Crippen molar-refractivity contribution in [3.63, 3.8) is 0 Å². The number of aryl methyl sites for hydroxylation is 1. The summed E-state index contributed by atoms with van der Waals surface area (Å²) >= 11 is 0. The highest BCUT2D eigenvalue weighted by molar-refractivity contribution is 5.90. The number of carbonyl (C=O) groups excluding carboxylic acids is 1. The van der Waals surface area contributed by atoms with E-state index in [-0.39, 0.29) is 5.91 Å². The van der Waals surface area contributed by atoms with Crippen molar-refractivity contribution in [2.24, 2.45) is 0 Å². The molecule has 1 aromatic heterocycles. The topological polar surface area (TPSA) is 84.3 Å². The fraction of sp³-hybridized carbons (Fsp3) is 0.176. The number of oxazole rings is 1. The van der Waals surface area contributed by atoms with Crippen molar-refractivity contribution in [2.45, 2.75) is 12.8 Å². The molecule has 0 spiro atoms. The van der Waals surface area contributed by atoms with Gasteiger partial charge in [-0.05, 0) is 48.4 Å². The zero-order valence-electron chi connectivity index (χ0n) is 12.6. The van der Waals surface area contributed by atoms with E-state index in [0.717, 1.165) is 17.0 Å². The van der Waals surface area contributed by atoms with Gasteiger partial charge in [-0.3, -0.25) is 9.78 Å². The number of aromatic nitrogens is 1. The van der Waals surface area contributed by atoms with Gasteiger partial charge in [-0.2, -0.15) is 0 Å². The molecule has 0 atom stereocenters. The smallest absolute Gasteiger partial charge is 0.417 e. The van der Waals surface area contributed by atoms with E-state index in [1.165, 1.54) is 0 Å². The van der Waals surface area contributed by atoms with Gasteiger partial charge in [-0.15, -0.1) is 0 Å². The number of rotatable bonds is 5. The van der Waals surface area contributed by atoms with Crippen LogP contribution in [0.1, 0.15) is 12.0 Å². The number of ether oxygens (including phenoxy) is 1. The Morgan fingerprint density at radius 2 is 2.00 bits per heavy atom. The van der Waals surface area contributed by atoms with Crippen LogP contribution in [0, 0.1) is 0 Å². The van der Waals surface area contributed by atoms with Crippen LogP contribution in [0.2, 0.25) is 0 Å². The highest BCUT2D eigenvalue weighted by Crippen LogP contribution is 2.16. The second kappa shape index (κ2) is 6.39. The second-order valence-electron chi connectivity index (χ2n) is 5.12. The third-order valence-electron chi connectivity index (χ3n) is 3.50. The molecule has 2 aromatic carbocycles. The van der Waals surface area contributed by atoms with Crippen LogP contribution in [-0.4, -0.2) is 18.0 Å². The number of anilines is 1. The number of methoxy groups -OCH3 is 1. The minimum atomic E-state index is -0.477. The molecule has 6 nitrogen and oxygen atoms in total. The molecule has 2 N–H and O–H groups in total. The maximum Gasteiger partial charge on any atom is 0.417 e. The lowest BCUT2D eigenvalue weighted by Crippen LogP contribution is -2.12. The Balaban J connectivity index is 1.59. The first kappa shape index (κ1) is 14.9. The van der Waals surface area contributed by atoms with Crippen molar-refractivity contribution in [3.05, 3.63) is 58.6 Å². The van der Waals surface area contributed by atoms with Crippen LogP contribution >= 0.6 is 0 Å². The van der Waals surface area contributed by atoms with Crippen LogP contribution in [0.4, 0.5) is 5.69 Å². The summed E-state index contributed by atoms with van der Waals surface area (Å²) in [5.41, 5.74) is 2.84. The summed E-state index contributed by atoms with van der Waals surface area (Å²) in [6.45, 7) is 0. The molecular formula is C17H16N2O4. The molecule has 23 heavy (non-hydrogen) atoms. The largest absolute Gasteiger partial charge is 0.497 e. The zero-order chi connectivity index (χ0) is 16.2. The van der Waals surface area contributed by atoms with Crippen LogP contribution in [-0.2, 0) is 11.2 Å². The Morgan fingerprint density at radius 3 is 2.74 bits per heavy atom. The van der Waals surface area contributed by atoms with Gasteiger partial charge in [-0.25, -0.2) is 4.79 Å². The van der Waals surface area contributed by atoms with E-state index in [1.54, 1.807) is 37.4 Å². The molecular weight excluding hydrogens is 296 g/mol. The molecule has 6 heteroatoms. The monoisotopic (exact) mass is 312 g/mol. The summed E-state index contributed by atoms with van der Waals surface area (Å²) in [6.07, 6.45) is 0.921. The summed E-state index contributed by atoms with van der Waals surface area (Å²) in [5, 5.41) is 2.83. The molecule has 1 amide bonds. The summed E-state index contributed by atoms with van der Waals surface area (Å²) in [7, 11) is 1.59. The molecule has 0 aliphatic heterocycles. The van der Waals surface area contributed by atoms with Crippen LogP contribution in [0.5, 0.6) is 5.75 Å². The molecule has 0 bridgehead atoms. The summed E-state index contributed by atoms with van der Waals surface area (Å²) in [4.78, 5) is 25.7. The first-order valence-electron chi connectivity index (χ1n) is 7.20. The lowest BCUT2D eigenvalue weighted by Gasteiger charge is -2.06. The molecule has 3 rings (SSSR count). The molecule has 0 aliphatic carbocycles. The first-order valence-corrected chi connectivity index (χ1v) is 7.20. The van der Waals surface area contributed by atoms with E-state index < -0.39 is 5.76 Å². The molecule has 0 saturated carbocycles. The lowest BCUT2D eigenvalue weighted by atomic mass is 10.1. The Kier molecular flexibility index (Phi) is 4.14. The molecule has 0 aliphatic rings. The Bertz CT molecular complexity index is 877. The van der Waals surface area contributed by atoms with Gasteiger partial charge in [0, 0.05) is 12.1 Å². The number of hydrogen-bond donors (Lipinski definition) is 2. The Labute approximate surface area is 132 Å². The second-order valence-corrected chi connectivity index (χ2v) is 5.12. The highest BCUT2D eigenvalue weighted by atomic mass is 16.5. The maximum absolute atomic E-state index is 12.0. The minimum Gasteiger partial charge on any atom is -0.497 e. The third kappa shape index (κ3) is 3.60. The predicted octanol–water partition coefficient (Wildman–Crippen LogP) is 2.70. The standard InChI is InChI=1S/C17H16N2O4/c1-22-13-6-4-12(5-7-13)18-16(20)9-3-11-2-8-15-14(10-11)19-17(21)23-15/h2,4-8,10H,3,9H2,1H3,(H,18,20)(H,19,21). The van der Waals surface area contributed by atoms with Crippen molar-refractivity contribution >= 4 is 22.7 Å². The predicted molar refractivity (Wildman–Crippen MR) is 86.8 cm³/mol. The number of amides is 1. The lowest BCUT2D eigenvalue weighted by molar-refractivity contribution is -0.116. The number of benzene rings is 2. The number of fused-ring (bicyclic) bond motifs is 1. The number of carbonyl (C=O) groups is 1. The van der Waals surface area contributed by atoms with E-state index >= 15 is 0 Å². The average molecular weight is 312 g/mol. The quantitative estimate of drug-likeness (QED) is 0.758. The normalized spacial score (nSPS) is 10.7. The van der Waals surface area contributed by atoms with Crippen molar-refractivity contribution < 1.29 is 13.9 Å². The van der Waals surface area contributed by atoms with Crippen molar-refractivity contribution in [1.29, 1.82) is 0 Å². The fourth-order valence-corrected chi connectivity index (χ4v) is 2.31. The van der Waals surface area contributed by atoms with Gasteiger partial charge in [0.25, 0.3) is 0 Å². The fourth-order valence-electron chi connectivity index (χ4n) is 2.31.